The number of anilines is 1. The highest BCUT2D eigenvalue weighted by Gasteiger charge is 2.13. The van der Waals surface area contributed by atoms with Crippen LogP contribution in [0, 0.1) is 0 Å². The molecule has 0 aromatic carbocycles. The normalized spacial score (nSPS) is 11.0. The van der Waals surface area contributed by atoms with Crippen molar-refractivity contribution in [3.05, 3.63) is 48.4 Å². The van der Waals surface area contributed by atoms with Crippen LogP contribution in [0.4, 0.5) is 5.82 Å². The van der Waals surface area contributed by atoms with Gasteiger partial charge in [-0.15, -0.1) is 0 Å². The highest BCUT2D eigenvalue weighted by molar-refractivity contribution is 5.58. The summed E-state index contributed by atoms with van der Waals surface area (Å²) in [5, 5.41) is 4.00. The minimum absolute atomic E-state index is 0.230. The summed E-state index contributed by atoms with van der Waals surface area (Å²) in [5.41, 5.74) is 1.72. The Balaban J connectivity index is 1.81. The number of rotatable bonds is 5. The van der Waals surface area contributed by atoms with E-state index in [2.05, 4.69) is 25.1 Å². The standard InChI is InChI=1S/C16H18N6O/c1-11(2)15-20-16(23-21-15)12-4-5-19-14(8-12)22(3)10-13-9-17-6-7-18-13/h4-9,11H,10H2,1-3H3. The predicted molar refractivity (Wildman–Crippen MR) is 85.8 cm³/mol. The van der Waals surface area contributed by atoms with Crippen LogP contribution < -0.4 is 4.90 Å². The van der Waals surface area contributed by atoms with Crippen molar-refractivity contribution in [2.75, 3.05) is 11.9 Å². The number of aromatic nitrogens is 5. The van der Waals surface area contributed by atoms with Gasteiger partial charge in [0.25, 0.3) is 5.89 Å². The third-order valence-electron chi connectivity index (χ3n) is 3.36. The molecule has 0 aliphatic rings. The van der Waals surface area contributed by atoms with E-state index in [4.69, 9.17) is 4.52 Å². The lowest BCUT2D eigenvalue weighted by atomic mass is 10.2. The predicted octanol–water partition coefficient (Wildman–Crippen LogP) is 2.68. The molecule has 0 aliphatic heterocycles. The molecule has 0 unspecified atom stereocenters. The summed E-state index contributed by atoms with van der Waals surface area (Å²) >= 11 is 0. The van der Waals surface area contributed by atoms with Crippen LogP contribution in [0.5, 0.6) is 0 Å². The van der Waals surface area contributed by atoms with Crippen molar-refractivity contribution in [2.24, 2.45) is 0 Å². The van der Waals surface area contributed by atoms with Crippen molar-refractivity contribution in [1.82, 2.24) is 25.1 Å². The summed E-state index contributed by atoms with van der Waals surface area (Å²) in [4.78, 5) is 19.1. The first-order valence-electron chi connectivity index (χ1n) is 7.39. The van der Waals surface area contributed by atoms with Crippen LogP contribution in [0.15, 0.2) is 41.4 Å². The summed E-state index contributed by atoms with van der Waals surface area (Å²) in [6, 6.07) is 3.78. The molecule has 3 aromatic heterocycles. The van der Waals surface area contributed by atoms with E-state index in [1.54, 1.807) is 24.8 Å². The lowest BCUT2D eigenvalue weighted by Crippen LogP contribution is -2.18. The third-order valence-corrected chi connectivity index (χ3v) is 3.36. The van der Waals surface area contributed by atoms with Gasteiger partial charge in [0.15, 0.2) is 5.82 Å². The first-order valence-corrected chi connectivity index (χ1v) is 7.39. The SMILES string of the molecule is CC(C)c1noc(-c2ccnc(N(C)Cc3cnccn3)c2)n1. The first kappa shape index (κ1) is 15.1. The van der Waals surface area contributed by atoms with Crippen molar-refractivity contribution in [2.45, 2.75) is 26.3 Å². The molecule has 0 aliphatic carbocycles. The fourth-order valence-corrected chi connectivity index (χ4v) is 2.08. The summed E-state index contributed by atoms with van der Waals surface area (Å²) in [6.07, 6.45) is 6.81. The molecule has 7 nitrogen and oxygen atoms in total. The molecule has 3 aromatic rings. The van der Waals surface area contributed by atoms with Gasteiger partial charge < -0.3 is 9.42 Å². The molecule has 0 spiro atoms. The van der Waals surface area contributed by atoms with E-state index in [1.165, 1.54) is 0 Å². The topological polar surface area (TPSA) is 80.8 Å². The van der Waals surface area contributed by atoms with E-state index < -0.39 is 0 Å². The fraction of sp³-hybridized carbons (Fsp3) is 0.312. The van der Waals surface area contributed by atoms with Crippen molar-refractivity contribution in [1.29, 1.82) is 0 Å². The highest BCUT2D eigenvalue weighted by Crippen LogP contribution is 2.23. The molecule has 118 valence electrons. The monoisotopic (exact) mass is 310 g/mol. The molecule has 3 heterocycles. The number of hydrogen-bond acceptors (Lipinski definition) is 7. The zero-order valence-corrected chi connectivity index (χ0v) is 13.3. The van der Waals surface area contributed by atoms with E-state index in [1.807, 2.05) is 37.9 Å². The Labute approximate surface area is 134 Å². The highest BCUT2D eigenvalue weighted by atomic mass is 16.5. The quantitative estimate of drug-likeness (QED) is 0.716. The average Bonchev–Trinajstić information content (AvgIpc) is 3.06. The van der Waals surface area contributed by atoms with Crippen molar-refractivity contribution in [3.63, 3.8) is 0 Å². The molecule has 0 radical (unpaired) electrons. The van der Waals surface area contributed by atoms with Crippen LogP contribution in [-0.4, -0.2) is 32.1 Å². The van der Waals surface area contributed by atoms with Gasteiger partial charge in [-0.2, -0.15) is 4.98 Å². The van der Waals surface area contributed by atoms with Gasteiger partial charge in [0.05, 0.1) is 18.4 Å². The first-order chi connectivity index (χ1) is 11.1. The lowest BCUT2D eigenvalue weighted by Gasteiger charge is -2.17. The summed E-state index contributed by atoms with van der Waals surface area (Å²) in [5.74, 6) is 2.24. The Morgan fingerprint density at radius 1 is 1.17 bits per heavy atom. The Kier molecular flexibility index (Phi) is 4.27. The molecule has 0 atom stereocenters. The second-order valence-corrected chi connectivity index (χ2v) is 5.57. The van der Waals surface area contributed by atoms with Crippen LogP contribution in [-0.2, 0) is 6.54 Å². The minimum atomic E-state index is 0.230. The molecule has 7 heteroatoms. The Morgan fingerprint density at radius 2 is 2.04 bits per heavy atom. The van der Waals surface area contributed by atoms with Crippen LogP contribution >= 0.6 is 0 Å². The number of nitrogens with zero attached hydrogens (tertiary/aromatic N) is 6. The molecule has 3 rings (SSSR count). The average molecular weight is 310 g/mol. The van der Waals surface area contributed by atoms with Gasteiger partial charge in [-0.25, -0.2) is 4.98 Å². The van der Waals surface area contributed by atoms with E-state index in [9.17, 15) is 0 Å². The maximum absolute atomic E-state index is 5.34. The summed E-state index contributed by atoms with van der Waals surface area (Å²) in [6.45, 7) is 4.67. The van der Waals surface area contributed by atoms with Gasteiger partial charge in [0, 0.05) is 37.1 Å². The van der Waals surface area contributed by atoms with Gasteiger partial charge in [-0.05, 0) is 12.1 Å². The maximum atomic E-state index is 5.34. The van der Waals surface area contributed by atoms with E-state index >= 15 is 0 Å². The fourth-order valence-electron chi connectivity index (χ4n) is 2.08. The molecule has 0 saturated carbocycles. The molecule has 0 amide bonds. The Morgan fingerprint density at radius 3 is 2.74 bits per heavy atom. The van der Waals surface area contributed by atoms with Crippen LogP contribution in [0.25, 0.3) is 11.5 Å². The van der Waals surface area contributed by atoms with Gasteiger partial charge in [-0.1, -0.05) is 19.0 Å². The Hall–Kier alpha value is -2.83. The molecule has 0 N–H and O–H groups in total. The van der Waals surface area contributed by atoms with Crippen molar-refractivity contribution in [3.8, 4) is 11.5 Å². The second-order valence-electron chi connectivity index (χ2n) is 5.57. The smallest absolute Gasteiger partial charge is 0.258 e. The molecule has 0 fully saturated rings. The van der Waals surface area contributed by atoms with Crippen LogP contribution in [0.1, 0.15) is 31.3 Å². The largest absolute Gasteiger partial charge is 0.354 e. The summed E-state index contributed by atoms with van der Waals surface area (Å²) < 4.78 is 5.34. The summed E-state index contributed by atoms with van der Waals surface area (Å²) in [7, 11) is 1.95. The van der Waals surface area contributed by atoms with E-state index in [0.717, 1.165) is 17.1 Å². The number of hydrogen-bond donors (Lipinski definition) is 0. The second kappa shape index (κ2) is 6.51. The van der Waals surface area contributed by atoms with Crippen LogP contribution in [0.3, 0.4) is 0 Å². The number of pyridine rings is 1. The van der Waals surface area contributed by atoms with Crippen LogP contribution in [0.2, 0.25) is 0 Å². The van der Waals surface area contributed by atoms with Crippen molar-refractivity contribution >= 4 is 5.82 Å². The van der Waals surface area contributed by atoms with Crippen molar-refractivity contribution < 1.29 is 4.52 Å². The Bertz CT molecular complexity index is 771. The molecule has 0 bridgehead atoms. The van der Waals surface area contributed by atoms with Gasteiger partial charge >= 0.3 is 0 Å². The molecule has 0 saturated heterocycles. The van der Waals surface area contributed by atoms with Gasteiger partial charge in [0.1, 0.15) is 5.82 Å². The zero-order chi connectivity index (χ0) is 16.2. The van der Waals surface area contributed by atoms with E-state index in [-0.39, 0.29) is 5.92 Å². The van der Waals surface area contributed by atoms with Gasteiger partial charge in [0.2, 0.25) is 0 Å². The molecular formula is C16H18N6O. The zero-order valence-electron chi connectivity index (χ0n) is 13.3. The van der Waals surface area contributed by atoms with Gasteiger partial charge in [-0.3, -0.25) is 9.97 Å². The lowest BCUT2D eigenvalue weighted by molar-refractivity contribution is 0.419. The third kappa shape index (κ3) is 3.50. The molecule has 23 heavy (non-hydrogen) atoms. The molecular weight excluding hydrogens is 292 g/mol. The van der Waals surface area contributed by atoms with E-state index in [0.29, 0.717) is 18.3 Å². The minimum Gasteiger partial charge on any atom is -0.354 e. The maximum Gasteiger partial charge on any atom is 0.258 e.